The monoisotopic (exact) mass is 202 g/mol. The topological polar surface area (TPSA) is 27.8 Å². The van der Waals surface area contributed by atoms with E-state index in [-0.39, 0.29) is 0 Å². The third kappa shape index (κ3) is 2.21. The molecule has 0 fully saturated rings. The molecule has 0 amide bonds. The molecule has 80 valence electrons. The van der Waals surface area contributed by atoms with Crippen molar-refractivity contribution in [3.05, 3.63) is 36.0 Å². The predicted octanol–water partition coefficient (Wildman–Crippen LogP) is 3.23. The van der Waals surface area contributed by atoms with Crippen LogP contribution in [0.15, 0.2) is 30.3 Å². The maximum absolute atomic E-state index is 3.48. The minimum Gasteiger partial charge on any atom is -0.357 e. The normalized spacial score (nSPS) is 13.2. The first-order chi connectivity index (χ1) is 7.31. The molecule has 0 aliphatic heterocycles. The highest BCUT2D eigenvalue weighted by Crippen LogP contribution is 2.19. The first-order valence-electron chi connectivity index (χ1n) is 5.62. The molecule has 2 N–H and O–H groups in total. The summed E-state index contributed by atoms with van der Waals surface area (Å²) < 4.78 is 0. The highest BCUT2D eigenvalue weighted by molar-refractivity contribution is 5.80. The fourth-order valence-corrected chi connectivity index (χ4v) is 1.80. The number of H-pyrrole nitrogens is 1. The molecule has 0 bridgehead atoms. The van der Waals surface area contributed by atoms with Crippen LogP contribution in [0.4, 0.5) is 0 Å². The van der Waals surface area contributed by atoms with Crippen LogP contribution in [0.25, 0.3) is 10.9 Å². The van der Waals surface area contributed by atoms with E-state index in [2.05, 4.69) is 54.5 Å². The quantitative estimate of drug-likeness (QED) is 0.782. The zero-order chi connectivity index (χ0) is 10.7. The summed E-state index contributed by atoms with van der Waals surface area (Å²) in [6, 6.07) is 11.0. The third-order valence-corrected chi connectivity index (χ3v) is 2.72. The first-order valence-corrected chi connectivity index (χ1v) is 5.62. The standard InChI is InChI=1S/C13H18N2/c1-3-8-14-10(2)13-9-11-6-4-5-7-12(11)15-13/h4-7,9-10,14-15H,3,8H2,1-2H3. The summed E-state index contributed by atoms with van der Waals surface area (Å²) in [4.78, 5) is 3.44. The fraction of sp³-hybridized carbons (Fsp3) is 0.385. The number of fused-ring (bicyclic) bond motifs is 1. The average molecular weight is 202 g/mol. The van der Waals surface area contributed by atoms with Crippen LogP contribution in [0.1, 0.15) is 32.0 Å². The van der Waals surface area contributed by atoms with Crippen molar-refractivity contribution in [2.45, 2.75) is 26.3 Å². The van der Waals surface area contributed by atoms with E-state index in [1.807, 2.05) is 0 Å². The number of hydrogen-bond acceptors (Lipinski definition) is 1. The lowest BCUT2D eigenvalue weighted by molar-refractivity contribution is 0.561. The molecule has 0 aliphatic rings. The Morgan fingerprint density at radius 1 is 1.33 bits per heavy atom. The van der Waals surface area contributed by atoms with Gasteiger partial charge in [0.05, 0.1) is 0 Å². The molecule has 2 rings (SSSR count). The Kier molecular flexibility index (Phi) is 3.07. The molecule has 0 saturated heterocycles. The van der Waals surface area contributed by atoms with Crippen molar-refractivity contribution in [1.29, 1.82) is 0 Å². The van der Waals surface area contributed by atoms with E-state index in [1.165, 1.54) is 23.0 Å². The summed E-state index contributed by atoms with van der Waals surface area (Å²) in [5.74, 6) is 0. The summed E-state index contributed by atoms with van der Waals surface area (Å²) in [5, 5.41) is 4.77. The minimum atomic E-state index is 0.400. The van der Waals surface area contributed by atoms with E-state index in [1.54, 1.807) is 0 Å². The Labute approximate surface area is 90.7 Å². The molecule has 2 nitrogen and oxygen atoms in total. The average Bonchev–Trinajstić information content (AvgIpc) is 2.69. The van der Waals surface area contributed by atoms with Crippen molar-refractivity contribution in [2.24, 2.45) is 0 Å². The SMILES string of the molecule is CCCNC(C)c1cc2ccccc2[nH]1. The summed E-state index contributed by atoms with van der Waals surface area (Å²) in [6.07, 6.45) is 1.17. The molecule has 0 radical (unpaired) electrons. The number of para-hydroxylation sites is 1. The van der Waals surface area contributed by atoms with Crippen LogP contribution in [0.2, 0.25) is 0 Å². The van der Waals surface area contributed by atoms with Crippen LogP contribution in [0.3, 0.4) is 0 Å². The zero-order valence-corrected chi connectivity index (χ0v) is 9.38. The minimum absolute atomic E-state index is 0.400. The second kappa shape index (κ2) is 4.49. The van der Waals surface area contributed by atoms with Crippen LogP contribution in [0, 0.1) is 0 Å². The Hall–Kier alpha value is -1.28. The number of rotatable bonds is 4. The first kappa shape index (κ1) is 10.2. The van der Waals surface area contributed by atoms with E-state index in [4.69, 9.17) is 0 Å². The van der Waals surface area contributed by atoms with Crippen LogP contribution in [-0.4, -0.2) is 11.5 Å². The molecule has 1 heterocycles. The van der Waals surface area contributed by atoms with Crippen molar-refractivity contribution in [2.75, 3.05) is 6.54 Å². The smallest absolute Gasteiger partial charge is 0.0456 e. The Balaban J connectivity index is 2.20. The molecule has 2 aromatic rings. The summed E-state index contributed by atoms with van der Waals surface area (Å²) in [6.45, 7) is 5.45. The maximum Gasteiger partial charge on any atom is 0.0456 e. The van der Waals surface area contributed by atoms with Crippen LogP contribution >= 0.6 is 0 Å². The van der Waals surface area contributed by atoms with Gasteiger partial charge in [-0.05, 0) is 37.4 Å². The lowest BCUT2D eigenvalue weighted by Gasteiger charge is -2.10. The lowest BCUT2D eigenvalue weighted by atomic mass is 10.2. The number of aromatic nitrogens is 1. The van der Waals surface area contributed by atoms with Gasteiger partial charge in [-0.1, -0.05) is 25.1 Å². The van der Waals surface area contributed by atoms with Gasteiger partial charge in [-0.15, -0.1) is 0 Å². The van der Waals surface area contributed by atoms with Gasteiger partial charge in [-0.3, -0.25) is 0 Å². The third-order valence-electron chi connectivity index (χ3n) is 2.72. The van der Waals surface area contributed by atoms with Crippen molar-refractivity contribution < 1.29 is 0 Å². The van der Waals surface area contributed by atoms with Gasteiger partial charge in [0.15, 0.2) is 0 Å². The van der Waals surface area contributed by atoms with E-state index in [9.17, 15) is 0 Å². The number of benzene rings is 1. The molecule has 0 spiro atoms. The van der Waals surface area contributed by atoms with Crippen LogP contribution in [0.5, 0.6) is 0 Å². The van der Waals surface area contributed by atoms with Gasteiger partial charge in [0.1, 0.15) is 0 Å². The molecular weight excluding hydrogens is 184 g/mol. The van der Waals surface area contributed by atoms with E-state index < -0.39 is 0 Å². The van der Waals surface area contributed by atoms with Crippen LogP contribution < -0.4 is 5.32 Å². The predicted molar refractivity (Wildman–Crippen MR) is 65.0 cm³/mol. The summed E-state index contributed by atoms with van der Waals surface area (Å²) in [5.41, 5.74) is 2.49. The molecule has 2 heteroatoms. The summed E-state index contributed by atoms with van der Waals surface area (Å²) in [7, 11) is 0. The second-order valence-corrected chi connectivity index (χ2v) is 3.99. The highest BCUT2D eigenvalue weighted by Gasteiger charge is 2.06. The van der Waals surface area contributed by atoms with Gasteiger partial charge in [-0.2, -0.15) is 0 Å². The summed E-state index contributed by atoms with van der Waals surface area (Å²) >= 11 is 0. The number of nitrogens with one attached hydrogen (secondary N) is 2. The largest absolute Gasteiger partial charge is 0.357 e. The van der Waals surface area contributed by atoms with Crippen LogP contribution in [-0.2, 0) is 0 Å². The second-order valence-electron chi connectivity index (χ2n) is 3.99. The molecule has 0 aliphatic carbocycles. The van der Waals surface area contributed by atoms with Gasteiger partial charge in [-0.25, -0.2) is 0 Å². The maximum atomic E-state index is 3.48. The van der Waals surface area contributed by atoms with E-state index in [0.717, 1.165) is 6.54 Å². The highest BCUT2D eigenvalue weighted by atomic mass is 14.9. The van der Waals surface area contributed by atoms with Gasteiger partial charge >= 0.3 is 0 Å². The number of hydrogen-bond donors (Lipinski definition) is 2. The zero-order valence-electron chi connectivity index (χ0n) is 9.38. The van der Waals surface area contributed by atoms with Gasteiger partial charge in [0, 0.05) is 17.3 Å². The molecule has 1 aromatic heterocycles. The molecule has 15 heavy (non-hydrogen) atoms. The Bertz CT molecular complexity index is 398. The molecule has 1 unspecified atom stereocenters. The van der Waals surface area contributed by atoms with Crippen molar-refractivity contribution >= 4 is 10.9 Å². The molecule has 1 atom stereocenters. The molecule has 0 saturated carbocycles. The lowest BCUT2D eigenvalue weighted by Crippen LogP contribution is -2.19. The van der Waals surface area contributed by atoms with Gasteiger partial charge in [0.25, 0.3) is 0 Å². The van der Waals surface area contributed by atoms with Gasteiger partial charge in [0.2, 0.25) is 0 Å². The van der Waals surface area contributed by atoms with Crippen molar-refractivity contribution in [3.8, 4) is 0 Å². The Morgan fingerprint density at radius 2 is 2.13 bits per heavy atom. The van der Waals surface area contributed by atoms with Crippen molar-refractivity contribution in [3.63, 3.8) is 0 Å². The van der Waals surface area contributed by atoms with E-state index in [0.29, 0.717) is 6.04 Å². The van der Waals surface area contributed by atoms with E-state index >= 15 is 0 Å². The number of aromatic amines is 1. The fourth-order valence-electron chi connectivity index (χ4n) is 1.80. The Morgan fingerprint density at radius 3 is 2.87 bits per heavy atom. The molecular formula is C13H18N2. The van der Waals surface area contributed by atoms with Crippen molar-refractivity contribution in [1.82, 2.24) is 10.3 Å². The van der Waals surface area contributed by atoms with Gasteiger partial charge < -0.3 is 10.3 Å². The molecule has 1 aromatic carbocycles.